The van der Waals surface area contributed by atoms with Gasteiger partial charge in [-0.2, -0.15) is 5.21 Å². The maximum absolute atomic E-state index is 16.3. The monoisotopic (exact) mass is 845 g/mol. The molecule has 2 aromatic carbocycles. The normalized spacial score (nSPS) is 18.6. The number of aromatic amines is 1. The minimum atomic E-state index is -3.70. The van der Waals surface area contributed by atoms with E-state index in [1.165, 1.54) is 6.92 Å². The number of ether oxygens (including phenoxy) is 2. The number of Topliss-reactive ketones (excluding diaryl/α,β-unsaturated/α-hetero) is 1. The number of nitrogens with two attached hydrogens (primary N) is 2. The van der Waals surface area contributed by atoms with E-state index in [0.29, 0.717) is 75.6 Å². The van der Waals surface area contributed by atoms with Gasteiger partial charge in [0, 0.05) is 5.92 Å². The van der Waals surface area contributed by atoms with Crippen molar-refractivity contribution in [3.05, 3.63) is 77.6 Å². The topological polar surface area (TPSA) is 282 Å². The number of nitrogens with one attached hydrogen (secondary N) is 4. The number of guanidine groups is 1. The highest BCUT2D eigenvalue weighted by molar-refractivity contribution is 6.15. The number of piperidine rings is 1. The third kappa shape index (κ3) is 10.4. The Hall–Kier alpha value is -5.79. The first-order valence-corrected chi connectivity index (χ1v) is 21.0. The number of benzene rings is 2. The lowest BCUT2D eigenvalue weighted by molar-refractivity contribution is -0.201. The van der Waals surface area contributed by atoms with Crippen LogP contribution in [0.1, 0.15) is 95.0 Å². The maximum Gasteiger partial charge on any atom is 0.353 e. The summed E-state index contributed by atoms with van der Waals surface area (Å²) < 4.78 is 11.5. The molecule has 0 spiro atoms. The summed E-state index contributed by atoms with van der Waals surface area (Å²) in [6.07, 6.45) is 3.94. The zero-order valence-electron chi connectivity index (χ0n) is 35.0. The van der Waals surface area contributed by atoms with Gasteiger partial charge in [0.15, 0.2) is 17.1 Å². The number of hydrogen-bond donors (Lipinski definition) is 7. The van der Waals surface area contributed by atoms with Crippen molar-refractivity contribution >= 4 is 35.5 Å². The van der Waals surface area contributed by atoms with Crippen molar-refractivity contribution in [3.63, 3.8) is 0 Å². The van der Waals surface area contributed by atoms with E-state index in [0.717, 1.165) is 4.90 Å². The standard InChI is InChI=1S/C42H59N11O8/c1-4-14-30(15-5-2)36(55)53(37(56)32-21-13-23-46-32)27(3)34(54)41(50-49-40(43)44,33(35-47-51-52-48-35)31-20-12-22-45-24-31)42(59,38(57)60-25-28-16-8-6-9-17-28)39(58)61-26-29-18-10-7-11-19-29/h6-11,16-19,27,30-33,45-46,50,59H,4-5,12-15,20-26H2,1-3H3,(H4,43,44,49)(H,47,48,51,52)/t27-,31?,32-,33?,41+/m0/s1. The van der Waals surface area contributed by atoms with Crippen LogP contribution in [0.2, 0.25) is 0 Å². The van der Waals surface area contributed by atoms with Crippen LogP contribution in [0.5, 0.6) is 0 Å². The van der Waals surface area contributed by atoms with E-state index in [4.69, 9.17) is 20.9 Å². The van der Waals surface area contributed by atoms with Crippen molar-refractivity contribution in [1.29, 1.82) is 0 Å². The van der Waals surface area contributed by atoms with Gasteiger partial charge in [0.25, 0.3) is 5.60 Å². The molecule has 61 heavy (non-hydrogen) atoms. The number of hydrogen-bond acceptors (Lipinski definition) is 15. The highest BCUT2D eigenvalue weighted by Crippen LogP contribution is 2.46. The highest BCUT2D eigenvalue weighted by atomic mass is 16.6. The Balaban J connectivity index is 1.82. The number of esters is 2. The van der Waals surface area contributed by atoms with E-state index in [9.17, 15) is 14.7 Å². The van der Waals surface area contributed by atoms with Gasteiger partial charge in [-0.05, 0) is 82.1 Å². The van der Waals surface area contributed by atoms with Gasteiger partial charge in [0.2, 0.25) is 17.8 Å². The molecule has 9 N–H and O–H groups in total. The lowest BCUT2D eigenvalue weighted by atomic mass is 9.61. The number of hydrazone groups is 1. The number of rotatable bonds is 21. The third-order valence-corrected chi connectivity index (χ3v) is 11.5. The summed E-state index contributed by atoms with van der Waals surface area (Å²) in [7, 11) is 0. The largest absolute Gasteiger partial charge is 0.458 e. The lowest BCUT2D eigenvalue weighted by Gasteiger charge is -2.49. The zero-order valence-corrected chi connectivity index (χ0v) is 35.0. The Bertz CT molecular complexity index is 1870. The number of carbonyl (C=O) groups is 5. The minimum Gasteiger partial charge on any atom is -0.458 e. The number of amides is 2. The van der Waals surface area contributed by atoms with E-state index in [1.807, 2.05) is 13.8 Å². The molecule has 330 valence electrons. The summed E-state index contributed by atoms with van der Waals surface area (Å²) in [5, 5.41) is 38.6. The number of imide groups is 1. The summed E-state index contributed by atoms with van der Waals surface area (Å²) in [5.41, 5.74) is 8.65. The Morgan fingerprint density at radius 2 is 1.51 bits per heavy atom. The van der Waals surface area contributed by atoms with Gasteiger partial charge in [-0.3, -0.25) is 24.7 Å². The quantitative estimate of drug-likeness (QED) is 0.0262. The molecular formula is C42H59N11O8. The fourth-order valence-electron chi connectivity index (χ4n) is 8.48. The molecule has 0 radical (unpaired) electrons. The second-order valence-electron chi connectivity index (χ2n) is 15.7. The molecule has 19 heteroatoms. The average Bonchev–Trinajstić information content (AvgIpc) is 4.03. The molecule has 19 nitrogen and oxygen atoms in total. The molecule has 3 heterocycles. The van der Waals surface area contributed by atoms with E-state index >= 15 is 14.4 Å². The van der Waals surface area contributed by atoms with E-state index in [1.54, 1.807) is 60.7 Å². The van der Waals surface area contributed by atoms with Crippen LogP contribution in [0.4, 0.5) is 0 Å². The molecule has 3 aromatic rings. The molecule has 0 saturated carbocycles. The van der Waals surface area contributed by atoms with Gasteiger partial charge in [-0.25, -0.2) is 9.59 Å². The van der Waals surface area contributed by atoms with Crippen molar-refractivity contribution in [2.75, 3.05) is 19.6 Å². The zero-order chi connectivity index (χ0) is 44.0. The van der Waals surface area contributed by atoms with Crippen LogP contribution in [0, 0.1) is 11.8 Å². The fourth-order valence-corrected chi connectivity index (χ4v) is 8.48. The van der Waals surface area contributed by atoms with Crippen LogP contribution in [-0.4, -0.2) is 109 Å². The predicted molar refractivity (Wildman–Crippen MR) is 222 cm³/mol. The van der Waals surface area contributed by atoms with Gasteiger partial charge in [-0.15, -0.1) is 15.3 Å². The first-order chi connectivity index (χ1) is 29.4. The summed E-state index contributed by atoms with van der Waals surface area (Å²) in [4.78, 5) is 76.9. The molecule has 0 bridgehead atoms. The van der Waals surface area contributed by atoms with E-state index < -0.39 is 89.7 Å². The molecule has 2 fully saturated rings. The summed E-state index contributed by atoms with van der Waals surface area (Å²) in [5.74, 6) is -9.69. The number of aromatic nitrogens is 4. The molecule has 2 saturated heterocycles. The van der Waals surface area contributed by atoms with Crippen molar-refractivity contribution in [1.82, 2.24) is 41.6 Å². The second-order valence-corrected chi connectivity index (χ2v) is 15.7. The van der Waals surface area contributed by atoms with Crippen molar-refractivity contribution in [3.8, 4) is 0 Å². The molecule has 2 unspecified atom stereocenters. The van der Waals surface area contributed by atoms with Crippen LogP contribution in [0.3, 0.4) is 0 Å². The number of nitrogens with zero attached hydrogens (tertiary/aromatic N) is 5. The Morgan fingerprint density at radius 1 is 0.918 bits per heavy atom. The average molecular weight is 846 g/mol. The molecule has 2 amide bonds. The first kappa shape index (κ1) is 46.3. The Kier molecular flexibility index (Phi) is 16.4. The van der Waals surface area contributed by atoms with Gasteiger partial charge in [-0.1, -0.05) is 92.6 Å². The van der Waals surface area contributed by atoms with E-state index in [-0.39, 0.29) is 12.4 Å². The maximum atomic E-state index is 16.3. The summed E-state index contributed by atoms with van der Waals surface area (Å²) in [6, 6.07) is 14.3. The smallest absolute Gasteiger partial charge is 0.353 e. The number of H-pyrrole nitrogens is 1. The third-order valence-electron chi connectivity index (χ3n) is 11.5. The molecule has 1 aromatic heterocycles. The Labute approximate surface area is 355 Å². The lowest BCUT2D eigenvalue weighted by Crippen LogP contribution is -2.79. The molecule has 5 rings (SSSR count). The van der Waals surface area contributed by atoms with Crippen LogP contribution in [0.25, 0.3) is 0 Å². The van der Waals surface area contributed by atoms with Crippen LogP contribution < -0.4 is 27.5 Å². The van der Waals surface area contributed by atoms with Gasteiger partial charge in [0.05, 0.1) is 18.0 Å². The molecule has 0 aliphatic carbocycles. The van der Waals surface area contributed by atoms with Crippen LogP contribution in [-0.2, 0) is 46.7 Å². The second kappa shape index (κ2) is 21.6. The van der Waals surface area contributed by atoms with Crippen molar-refractivity contribution in [2.45, 2.75) is 114 Å². The van der Waals surface area contributed by atoms with E-state index in [2.05, 4.69) is 41.8 Å². The van der Waals surface area contributed by atoms with Crippen LogP contribution in [0.15, 0.2) is 65.8 Å². The predicted octanol–water partition coefficient (Wildman–Crippen LogP) is 1.30. The number of aliphatic hydroxyl groups is 1. The molecule has 5 atom stereocenters. The first-order valence-electron chi connectivity index (χ1n) is 21.0. The van der Waals surface area contributed by atoms with Gasteiger partial charge < -0.3 is 36.7 Å². The number of tetrazole rings is 1. The Morgan fingerprint density at radius 3 is 1.98 bits per heavy atom. The van der Waals surface area contributed by atoms with Crippen molar-refractivity contribution < 1.29 is 38.6 Å². The molecular weight excluding hydrogens is 787 g/mol. The van der Waals surface area contributed by atoms with Gasteiger partial charge >= 0.3 is 11.9 Å². The summed E-state index contributed by atoms with van der Waals surface area (Å²) >= 11 is 0. The highest BCUT2D eigenvalue weighted by Gasteiger charge is 2.74. The summed E-state index contributed by atoms with van der Waals surface area (Å²) in [6.45, 7) is 5.45. The van der Waals surface area contributed by atoms with Crippen molar-refractivity contribution in [2.24, 2.45) is 28.4 Å². The molecule has 2 aliphatic rings. The number of ketones is 1. The number of carbonyl (C=O) groups excluding carboxylic acids is 5. The van der Waals surface area contributed by atoms with Gasteiger partial charge in [0.1, 0.15) is 13.2 Å². The van der Waals surface area contributed by atoms with Crippen LogP contribution >= 0.6 is 0 Å². The minimum absolute atomic E-state index is 0.156. The molecule has 2 aliphatic heterocycles. The SMILES string of the molecule is CCCC(CCC)C(=O)N(C(=O)[C@@H]1CCCN1)[C@@H](C)C(=O)[C@](NN=C(N)N)(C(c1nn[nH]n1)C1CCCNC1)C(O)(C(=O)OCc1ccccc1)C(=O)OCc1ccccc1. The fraction of sp³-hybridized carbons (Fsp3) is 0.548.